The van der Waals surface area contributed by atoms with E-state index >= 15 is 0 Å². The van der Waals surface area contributed by atoms with Crippen molar-refractivity contribution < 1.29 is 0 Å². The standard InChI is InChI=1S/C9H12N2.C2H6/c1-8-4-2-5-9(10-8)11-6-3-7-11;1-2/h2,4-5H,3,6-7H2,1H3;1-2H3. The fourth-order valence-corrected chi connectivity index (χ4v) is 1.25. The highest BCUT2D eigenvalue weighted by Crippen LogP contribution is 2.17. The van der Waals surface area contributed by atoms with Gasteiger partial charge in [-0.2, -0.15) is 0 Å². The Morgan fingerprint density at radius 1 is 1.23 bits per heavy atom. The molecule has 0 saturated carbocycles. The molecule has 2 heterocycles. The minimum Gasteiger partial charge on any atom is -0.356 e. The number of hydrogen-bond donors (Lipinski definition) is 0. The van der Waals surface area contributed by atoms with Crippen LogP contribution in [0.5, 0.6) is 0 Å². The number of rotatable bonds is 1. The highest BCUT2D eigenvalue weighted by Gasteiger charge is 2.14. The van der Waals surface area contributed by atoms with Gasteiger partial charge in [0, 0.05) is 18.8 Å². The van der Waals surface area contributed by atoms with Gasteiger partial charge in [-0.1, -0.05) is 19.9 Å². The molecule has 0 aliphatic carbocycles. The van der Waals surface area contributed by atoms with Crippen LogP contribution in [0.15, 0.2) is 18.2 Å². The summed E-state index contributed by atoms with van der Waals surface area (Å²) in [5.74, 6) is 1.14. The van der Waals surface area contributed by atoms with Crippen molar-refractivity contribution in [1.29, 1.82) is 0 Å². The second-order valence-corrected chi connectivity index (χ2v) is 2.98. The minimum atomic E-state index is 1.11. The SMILES string of the molecule is CC.Cc1cccc(N2CCC2)n1. The lowest BCUT2D eigenvalue weighted by Gasteiger charge is -2.32. The molecule has 2 nitrogen and oxygen atoms in total. The van der Waals surface area contributed by atoms with E-state index in [1.807, 2.05) is 26.8 Å². The summed E-state index contributed by atoms with van der Waals surface area (Å²) in [5.41, 5.74) is 1.11. The van der Waals surface area contributed by atoms with Gasteiger partial charge in [-0.05, 0) is 25.5 Å². The van der Waals surface area contributed by atoms with Crippen LogP contribution in [-0.2, 0) is 0 Å². The van der Waals surface area contributed by atoms with Crippen molar-refractivity contribution in [3.05, 3.63) is 23.9 Å². The molecule has 0 unspecified atom stereocenters. The molecule has 1 aromatic rings. The average Bonchev–Trinajstić information content (AvgIpc) is 2.05. The van der Waals surface area contributed by atoms with Crippen LogP contribution in [0.3, 0.4) is 0 Å². The highest BCUT2D eigenvalue weighted by atomic mass is 15.2. The summed E-state index contributed by atoms with van der Waals surface area (Å²) in [6.07, 6.45) is 1.32. The largest absolute Gasteiger partial charge is 0.356 e. The van der Waals surface area contributed by atoms with Gasteiger partial charge in [0.05, 0.1) is 0 Å². The zero-order valence-corrected chi connectivity index (χ0v) is 8.75. The quantitative estimate of drug-likeness (QED) is 0.657. The first-order valence-electron chi connectivity index (χ1n) is 5.05. The Morgan fingerprint density at radius 2 is 1.92 bits per heavy atom. The Kier molecular flexibility index (Phi) is 3.74. The molecule has 0 N–H and O–H groups in total. The molecule has 0 amide bonds. The molecule has 0 bridgehead atoms. The third-order valence-electron chi connectivity index (χ3n) is 2.05. The molecule has 0 atom stereocenters. The molecule has 0 aromatic carbocycles. The van der Waals surface area contributed by atoms with Gasteiger partial charge in [0.25, 0.3) is 0 Å². The van der Waals surface area contributed by atoms with Gasteiger partial charge in [0.15, 0.2) is 0 Å². The van der Waals surface area contributed by atoms with Crippen LogP contribution in [0.25, 0.3) is 0 Å². The van der Waals surface area contributed by atoms with Crippen LogP contribution >= 0.6 is 0 Å². The molecule has 1 aliphatic heterocycles. The number of aryl methyl sites for hydroxylation is 1. The number of hydrogen-bond acceptors (Lipinski definition) is 2. The maximum atomic E-state index is 4.42. The lowest BCUT2D eigenvalue weighted by molar-refractivity contribution is 0.609. The van der Waals surface area contributed by atoms with Crippen LogP contribution in [0.1, 0.15) is 26.0 Å². The Bertz CT molecular complexity index is 254. The normalized spacial score (nSPS) is 14.2. The molecular weight excluding hydrogens is 160 g/mol. The summed E-state index contributed by atoms with van der Waals surface area (Å²) in [4.78, 5) is 6.72. The zero-order chi connectivity index (χ0) is 9.68. The van der Waals surface area contributed by atoms with E-state index in [4.69, 9.17) is 0 Å². The molecule has 72 valence electrons. The van der Waals surface area contributed by atoms with Gasteiger partial charge in [0.1, 0.15) is 5.82 Å². The molecule has 0 spiro atoms. The predicted molar refractivity (Wildman–Crippen MR) is 57.2 cm³/mol. The topological polar surface area (TPSA) is 16.1 Å². The van der Waals surface area contributed by atoms with E-state index < -0.39 is 0 Å². The Hall–Kier alpha value is -1.05. The summed E-state index contributed by atoms with van der Waals surface area (Å²) in [7, 11) is 0. The number of nitrogens with zero attached hydrogens (tertiary/aromatic N) is 2. The summed E-state index contributed by atoms with van der Waals surface area (Å²) < 4.78 is 0. The predicted octanol–water partition coefficient (Wildman–Crippen LogP) is 2.63. The minimum absolute atomic E-state index is 1.11. The number of anilines is 1. The van der Waals surface area contributed by atoms with E-state index in [1.165, 1.54) is 19.5 Å². The molecule has 2 rings (SSSR count). The summed E-state index contributed by atoms with van der Waals surface area (Å²) in [5, 5.41) is 0. The second-order valence-electron chi connectivity index (χ2n) is 2.98. The zero-order valence-electron chi connectivity index (χ0n) is 8.75. The molecule has 1 aliphatic rings. The van der Waals surface area contributed by atoms with Gasteiger partial charge in [-0.25, -0.2) is 4.98 Å². The molecule has 13 heavy (non-hydrogen) atoms. The second kappa shape index (κ2) is 4.85. The van der Waals surface area contributed by atoms with Crippen molar-refractivity contribution in [2.45, 2.75) is 27.2 Å². The van der Waals surface area contributed by atoms with Crippen LogP contribution in [0, 0.1) is 6.92 Å². The lowest BCUT2D eigenvalue weighted by atomic mass is 10.2. The van der Waals surface area contributed by atoms with Gasteiger partial charge in [0.2, 0.25) is 0 Å². The molecule has 1 fully saturated rings. The Labute approximate surface area is 80.6 Å². The van der Waals surface area contributed by atoms with Gasteiger partial charge in [-0.15, -0.1) is 0 Å². The molecule has 1 saturated heterocycles. The van der Waals surface area contributed by atoms with Crippen molar-refractivity contribution >= 4 is 5.82 Å². The smallest absolute Gasteiger partial charge is 0.128 e. The first-order valence-corrected chi connectivity index (χ1v) is 5.05. The lowest BCUT2D eigenvalue weighted by Crippen LogP contribution is -2.37. The van der Waals surface area contributed by atoms with E-state index in [0.29, 0.717) is 0 Å². The highest BCUT2D eigenvalue weighted by molar-refractivity contribution is 5.41. The molecule has 1 aromatic heterocycles. The van der Waals surface area contributed by atoms with Crippen molar-refractivity contribution in [2.75, 3.05) is 18.0 Å². The van der Waals surface area contributed by atoms with E-state index in [1.54, 1.807) is 0 Å². The van der Waals surface area contributed by atoms with Gasteiger partial charge in [-0.3, -0.25) is 0 Å². The maximum Gasteiger partial charge on any atom is 0.128 e. The molecule has 0 radical (unpaired) electrons. The summed E-state index contributed by atoms with van der Waals surface area (Å²) in [6, 6.07) is 6.17. The van der Waals surface area contributed by atoms with Crippen molar-refractivity contribution in [1.82, 2.24) is 4.98 Å². The van der Waals surface area contributed by atoms with Crippen molar-refractivity contribution in [3.63, 3.8) is 0 Å². The van der Waals surface area contributed by atoms with E-state index in [-0.39, 0.29) is 0 Å². The maximum absolute atomic E-state index is 4.42. The monoisotopic (exact) mass is 178 g/mol. The van der Waals surface area contributed by atoms with Crippen molar-refractivity contribution in [2.24, 2.45) is 0 Å². The fraction of sp³-hybridized carbons (Fsp3) is 0.545. The molecule has 2 heteroatoms. The van der Waals surface area contributed by atoms with Crippen LogP contribution in [0.4, 0.5) is 5.82 Å². The van der Waals surface area contributed by atoms with Crippen molar-refractivity contribution in [3.8, 4) is 0 Å². The van der Waals surface area contributed by atoms with Crippen LogP contribution < -0.4 is 4.90 Å². The van der Waals surface area contributed by atoms with E-state index in [9.17, 15) is 0 Å². The van der Waals surface area contributed by atoms with Crippen LogP contribution in [-0.4, -0.2) is 18.1 Å². The fourth-order valence-electron chi connectivity index (χ4n) is 1.25. The van der Waals surface area contributed by atoms with E-state index in [2.05, 4.69) is 22.0 Å². The number of pyridine rings is 1. The third-order valence-corrected chi connectivity index (χ3v) is 2.05. The van der Waals surface area contributed by atoms with Gasteiger partial charge < -0.3 is 4.90 Å². The van der Waals surface area contributed by atoms with E-state index in [0.717, 1.165) is 11.5 Å². The Balaban J connectivity index is 0.000000396. The first kappa shape index (κ1) is 10.0. The summed E-state index contributed by atoms with van der Waals surface area (Å²) in [6.45, 7) is 8.39. The third kappa shape index (κ3) is 2.44. The number of aromatic nitrogens is 1. The average molecular weight is 178 g/mol. The Morgan fingerprint density at radius 3 is 2.38 bits per heavy atom. The van der Waals surface area contributed by atoms with Crippen LogP contribution in [0.2, 0.25) is 0 Å². The first-order chi connectivity index (χ1) is 6.36. The summed E-state index contributed by atoms with van der Waals surface area (Å²) >= 11 is 0. The molecular formula is C11H18N2. The van der Waals surface area contributed by atoms with Gasteiger partial charge >= 0.3 is 0 Å².